The Hall–Kier alpha value is -2.10. The lowest BCUT2D eigenvalue weighted by Crippen LogP contribution is -2.52. The SMILES string of the molecule is C[C@@H](C(=O)Nc1ccc(Cl)cc1Cl)N1CCN(Cc2ccc(C#N)cc2)CC1. The first kappa shape index (κ1) is 20.6. The molecule has 1 saturated heterocycles. The number of rotatable bonds is 5. The molecular weight excluding hydrogens is 395 g/mol. The van der Waals surface area contributed by atoms with Crippen LogP contribution in [0.3, 0.4) is 0 Å². The van der Waals surface area contributed by atoms with E-state index in [1.54, 1.807) is 18.2 Å². The molecule has 7 heteroatoms. The van der Waals surface area contributed by atoms with E-state index in [0.717, 1.165) is 32.7 Å². The fourth-order valence-electron chi connectivity index (χ4n) is 3.25. The number of carbonyl (C=O) groups is 1. The summed E-state index contributed by atoms with van der Waals surface area (Å²) in [6, 6.07) is 14.6. The molecule has 2 aromatic carbocycles. The largest absolute Gasteiger partial charge is 0.323 e. The Labute approximate surface area is 175 Å². The molecule has 0 aromatic heterocycles. The first-order valence-electron chi connectivity index (χ1n) is 9.17. The second-order valence-corrected chi connectivity index (χ2v) is 7.75. The molecule has 1 amide bonds. The number of carbonyl (C=O) groups excluding carboxylic acids is 1. The molecule has 0 radical (unpaired) electrons. The monoisotopic (exact) mass is 416 g/mol. The third-order valence-electron chi connectivity index (χ3n) is 5.01. The van der Waals surface area contributed by atoms with Gasteiger partial charge in [-0.3, -0.25) is 14.6 Å². The molecule has 2 aromatic rings. The summed E-state index contributed by atoms with van der Waals surface area (Å²) in [4.78, 5) is 17.1. The molecule has 5 nitrogen and oxygen atoms in total. The van der Waals surface area contributed by atoms with Crippen LogP contribution in [-0.4, -0.2) is 47.9 Å². The predicted molar refractivity (Wildman–Crippen MR) is 113 cm³/mol. The van der Waals surface area contributed by atoms with Crippen molar-refractivity contribution >= 4 is 34.8 Å². The van der Waals surface area contributed by atoms with Gasteiger partial charge in [0.2, 0.25) is 5.91 Å². The van der Waals surface area contributed by atoms with Gasteiger partial charge in [0.25, 0.3) is 0 Å². The number of piperazine rings is 1. The quantitative estimate of drug-likeness (QED) is 0.799. The molecule has 146 valence electrons. The molecule has 1 heterocycles. The number of anilines is 1. The second-order valence-electron chi connectivity index (χ2n) is 6.91. The van der Waals surface area contributed by atoms with Gasteiger partial charge in [-0.05, 0) is 42.8 Å². The number of halogens is 2. The number of nitrogens with one attached hydrogen (secondary N) is 1. The lowest BCUT2D eigenvalue weighted by molar-refractivity contribution is -0.121. The summed E-state index contributed by atoms with van der Waals surface area (Å²) < 4.78 is 0. The highest BCUT2D eigenvalue weighted by Crippen LogP contribution is 2.25. The molecule has 0 bridgehead atoms. The van der Waals surface area contributed by atoms with Crippen molar-refractivity contribution in [1.82, 2.24) is 9.80 Å². The van der Waals surface area contributed by atoms with Crippen LogP contribution in [0.25, 0.3) is 0 Å². The summed E-state index contributed by atoms with van der Waals surface area (Å²) in [5.74, 6) is -0.0789. The molecular formula is C21H22Cl2N4O. The van der Waals surface area contributed by atoms with Gasteiger partial charge in [0.1, 0.15) is 0 Å². The van der Waals surface area contributed by atoms with Gasteiger partial charge >= 0.3 is 0 Å². The molecule has 0 aliphatic carbocycles. The zero-order chi connectivity index (χ0) is 20.1. The van der Waals surface area contributed by atoms with Gasteiger partial charge in [0.15, 0.2) is 0 Å². The molecule has 1 atom stereocenters. The van der Waals surface area contributed by atoms with E-state index >= 15 is 0 Å². The number of amides is 1. The highest BCUT2D eigenvalue weighted by atomic mass is 35.5. The van der Waals surface area contributed by atoms with Crippen molar-refractivity contribution in [2.75, 3.05) is 31.5 Å². The van der Waals surface area contributed by atoms with Crippen molar-refractivity contribution < 1.29 is 4.79 Å². The summed E-state index contributed by atoms with van der Waals surface area (Å²) in [6.07, 6.45) is 0. The number of hydrogen-bond acceptors (Lipinski definition) is 4. The van der Waals surface area contributed by atoms with Crippen molar-refractivity contribution in [2.24, 2.45) is 0 Å². The number of benzene rings is 2. The highest BCUT2D eigenvalue weighted by molar-refractivity contribution is 6.36. The molecule has 0 saturated carbocycles. The van der Waals surface area contributed by atoms with Crippen LogP contribution >= 0.6 is 23.2 Å². The van der Waals surface area contributed by atoms with Gasteiger partial charge in [0.05, 0.1) is 28.4 Å². The lowest BCUT2D eigenvalue weighted by atomic mass is 10.1. The van der Waals surface area contributed by atoms with Gasteiger partial charge in [-0.25, -0.2) is 0 Å². The highest BCUT2D eigenvalue weighted by Gasteiger charge is 2.26. The van der Waals surface area contributed by atoms with Crippen molar-refractivity contribution in [3.8, 4) is 6.07 Å². The van der Waals surface area contributed by atoms with Gasteiger partial charge in [-0.1, -0.05) is 35.3 Å². The Balaban J connectivity index is 1.50. The Bertz CT molecular complexity index is 871. The molecule has 1 N–H and O–H groups in total. The van der Waals surface area contributed by atoms with Crippen LogP contribution < -0.4 is 5.32 Å². The Morgan fingerprint density at radius 1 is 1.14 bits per heavy atom. The normalized spacial score (nSPS) is 16.4. The van der Waals surface area contributed by atoms with E-state index in [9.17, 15) is 4.79 Å². The van der Waals surface area contributed by atoms with Crippen LogP contribution in [-0.2, 0) is 11.3 Å². The fraction of sp³-hybridized carbons (Fsp3) is 0.333. The molecule has 28 heavy (non-hydrogen) atoms. The van der Waals surface area contributed by atoms with E-state index in [1.807, 2.05) is 31.2 Å². The van der Waals surface area contributed by atoms with Crippen molar-refractivity contribution in [1.29, 1.82) is 5.26 Å². The van der Waals surface area contributed by atoms with Crippen molar-refractivity contribution in [3.05, 3.63) is 63.6 Å². The molecule has 1 fully saturated rings. The first-order chi connectivity index (χ1) is 13.5. The van der Waals surface area contributed by atoms with E-state index < -0.39 is 0 Å². The van der Waals surface area contributed by atoms with Crippen LogP contribution in [0.2, 0.25) is 10.0 Å². The third-order valence-corrected chi connectivity index (χ3v) is 5.56. The summed E-state index contributed by atoms with van der Waals surface area (Å²) >= 11 is 12.0. The predicted octanol–water partition coefficient (Wildman–Crippen LogP) is 4.01. The first-order valence-corrected chi connectivity index (χ1v) is 9.93. The fourth-order valence-corrected chi connectivity index (χ4v) is 3.70. The minimum Gasteiger partial charge on any atom is -0.323 e. The Morgan fingerprint density at radius 2 is 1.82 bits per heavy atom. The van der Waals surface area contributed by atoms with Gasteiger partial charge < -0.3 is 5.32 Å². The zero-order valence-corrected chi connectivity index (χ0v) is 17.2. The topological polar surface area (TPSA) is 59.4 Å². The second kappa shape index (κ2) is 9.40. The van der Waals surface area contributed by atoms with E-state index in [2.05, 4.69) is 21.2 Å². The van der Waals surface area contributed by atoms with Gasteiger partial charge in [-0.15, -0.1) is 0 Å². The summed E-state index contributed by atoms with van der Waals surface area (Å²) in [5.41, 5.74) is 2.44. The summed E-state index contributed by atoms with van der Waals surface area (Å²) in [6.45, 7) is 6.17. The Kier molecular flexibility index (Phi) is 6.93. The van der Waals surface area contributed by atoms with Gasteiger partial charge in [0, 0.05) is 37.7 Å². The van der Waals surface area contributed by atoms with E-state index in [-0.39, 0.29) is 11.9 Å². The lowest BCUT2D eigenvalue weighted by Gasteiger charge is -2.37. The average Bonchev–Trinajstić information content (AvgIpc) is 2.70. The Morgan fingerprint density at radius 3 is 2.43 bits per heavy atom. The van der Waals surface area contributed by atoms with Crippen LogP contribution in [0.4, 0.5) is 5.69 Å². The van der Waals surface area contributed by atoms with Crippen LogP contribution in [0, 0.1) is 11.3 Å². The standard InChI is InChI=1S/C21H22Cl2N4O/c1-15(21(28)25-20-7-6-18(22)12-19(20)23)27-10-8-26(9-11-27)14-17-4-2-16(13-24)3-5-17/h2-7,12,15H,8-11,14H2,1H3,(H,25,28)/t15-/m0/s1. The van der Waals surface area contributed by atoms with E-state index in [1.165, 1.54) is 5.56 Å². The van der Waals surface area contributed by atoms with E-state index in [0.29, 0.717) is 21.3 Å². The zero-order valence-electron chi connectivity index (χ0n) is 15.7. The van der Waals surface area contributed by atoms with Crippen molar-refractivity contribution in [3.63, 3.8) is 0 Å². The van der Waals surface area contributed by atoms with Crippen molar-refractivity contribution in [2.45, 2.75) is 19.5 Å². The molecule has 0 unspecified atom stereocenters. The number of nitriles is 1. The molecule has 0 spiro atoms. The molecule has 3 rings (SSSR count). The van der Waals surface area contributed by atoms with Gasteiger partial charge in [-0.2, -0.15) is 5.26 Å². The summed E-state index contributed by atoms with van der Waals surface area (Å²) in [5, 5.41) is 12.7. The van der Waals surface area contributed by atoms with E-state index in [4.69, 9.17) is 28.5 Å². The maximum atomic E-state index is 12.6. The number of hydrogen-bond donors (Lipinski definition) is 1. The van der Waals surface area contributed by atoms with Crippen LogP contribution in [0.5, 0.6) is 0 Å². The minimum absolute atomic E-state index is 0.0789. The van der Waals surface area contributed by atoms with Crippen LogP contribution in [0.15, 0.2) is 42.5 Å². The third kappa shape index (κ3) is 5.24. The maximum Gasteiger partial charge on any atom is 0.241 e. The summed E-state index contributed by atoms with van der Waals surface area (Å²) in [7, 11) is 0. The maximum absolute atomic E-state index is 12.6. The molecule has 1 aliphatic heterocycles. The average molecular weight is 417 g/mol. The molecule has 1 aliphatic rings. The number of nitrogens with zero attached hydrogens (tertiary/aromatic N) is 3. The minimum atomic E-state index is -0.246. The van der Waals surface area contributed by atoms with Crippen LogP contribution in [0.1, 0.15) is 18.1 Å². The smallest absolute Gasteiger partial charge is 0.241 e.